The molecule has 1 N–H and O–H groups in total. The lowest BCUT2D eigenvalue weighted by Gasteiger charge is -2.31. The van der Waals surface area contributed by atoms with Crippen LogP contribution in [0.25, 0.3) is 0 Å². The predicted molar refractivity (Wildman–Crippen MR) is 106 cm³/mol. The molecule has 8 nitrogen and oxygen atoms in total. The zero-order valence-corrected chi connectivity index (χ0v) is 17.2. The number of aromatic nitrogens is 2. The molecule has 29 heavy (non-hydrogen) atoms. The van der Waals surface area contributed by atoms with Crippen molar-refractivity contribution in [1.29, 1.82) is 0 Å². The van der Waals surface area contributed by atoms with Crippen molar-refractivity contribution < 1.29 is 18.8 Å². The first-order valence-corrected chi connectivity index (χ1v) is 10.00. The summed E-state index contributed by atoms with van der Waals surface area (Å²) < 4.78 is 10.6. The van der Waals surface area contributed by atoms with E-state index in [9.17, 15) is 9.59 Å². The van der Waals surface area contributed by atoms with Crippen LogP contribution < -0.4 is 10.1 Å². The van der Waals surface area contributed by atoms with Crippen molar-refractivity contribution in [3.63, 3.8) is 0 Å². The van der Waals surface area contributed by atoms with E-state index in [1.165, 1.54) is 5.56 Å². The van der Waals surface area contributed by atoms with Gasteiger partial charge in [-0.2, -0.15) is 4.98 Å². The van der Waals surface area contributed by atoms with E-state index in [0.29, 0.717) is 49.3 Å². The number of nitrogens with zero attached hydrogens (tertiary/aromatic N) is 3. The first-order chi connectivity index (χ1) is 13.9. The minimum absolute atomic E-state index is 0.00834. The minimum Gasteiger partial charge on any atom is -0.484 e. The highest BCUT2D eigenvalue weighted by molar-refractivity contribution is 5.80. The quantitative estimate of drug-likeness (QED) is 0.767. The summed E-state index contributed by atoms with van der Waals surface area (Å²) in [6.45, 7) is 7.33. The first-order valence-electron chi connectivity index (χ1n) is 10.00. The van der Waals surface area contributed by atoms with Gasteiger partial charge in [0.05, 0.1) is 6.54 Å². The average Bonchev–Trinajstić information content (AvgIpc) is 3.15. The number of rotatable bonds is 7. The Hall–Kier alpha value is -2.90. The standard InChI is InChI=1S/C21H28N4O4/c1-14(2)16-4-6-18(7-5-16)28-13-20(26)25-10-8-17(9-11-25)21(27)22-12-19-23-15(3)24-29-19/h4-7,14,17H,8-13H2,1-3H3,(H,22,27). The molecular formula is C21H28N4O4. The molecule has 0 aliphatic carbocycles. The molecule has 0 spiro atoms. The van der Waals surface area contributed by atoms with Crippen molar-refractivity contribution in [2.45, 2.75) is 46.1 Å². The Labute approximate surface area is 170 Å². The van der Waals surface area contributed by atoms with Crippen LogP contribution in [0, 0.1) is 12.8 Å². The van der Waals surface area contributed by atoms with Crippen LogP contribution in [0.2, 0.25) is 0 Å². The SMILES string of the molecule is Cc1noc(CNC(=O)C2CCN(C(=O)COc3ccc(C(C)C)cc3)CC2)n1. The van der Waals surface area contributed by atoms with E-state index in [1.54, 1.807) is 11.8 Å². The average molecular weight is 400 g/mol. The summed E-state index contributed by atoms with van der Waals surface area (Å²) in [6.07, 6.45) is 1.26. The van der Waals surface area contributed by atoms with E-state index >= 15 is 0 Å². The second kappa shape index (κ2) is 9.54. The lowest BCUT2D eigenvalue weighted by molar-refractivity contribution is -0.137. The van der Waals surface area contributed by atoms with E-state index in [0.717, 1.165) is 0 Å². The van der Waals surface area contributed by atoms with Crippen molar-refractivity contribution in [2.24, 2.45) is 5.92 Å². The van der Waals surface area contributed by atoms with Crippen LogP contribution in [0.5, 0.6) is 5.75 Å². The van der Waals surface area contributed by atoms with E-state index < -0.39 is 0 Å². The molecule has 0 radical (unpaired) electrons. The van der Waals surface area contributed by atoms with Gasteiger partial charge in [-0.05, 0) is 43.4 Å². The monoisotopic (exact) mass is 400 g/mol. The third-order valence-electron chi connectivity index (χ3n) is 5.11. The van der Waals surface area contributed by atoms with Gasteiger partial charge in [0.25, 0.3) is 5.91 Å². The highest BCUT2D eigenvalue weighted by atomic mass is 16.5. The molecular weight excluding hydrogens is 372 g/mol. The van der Waals surface area contributed by atoms with Crippen LogP contribution in [0.1, 0.15) is 49.9 Å². The maximum atomic E-state index is 12.4. The Bertz CT molecular complexity index is 823. The number of carbonyl (C=O) groups is 2. The minimum atomic E-state index is -0.118. The number of piperidine rings is 1. The van der Waals surface area contributed by atoms with Gasteiger partial charge in [0.15, 0.2) is 12.4 Å². The molecule has 156 valence electrons. The number of hydrogen-bond acceptors (Lipinski definition) is 6. The molecule has 3 rings (SSSR count). The summed E-state index contributed by atoms with van der Waals surface area (Å²) in [4.78, 5) is 30.5. The number of aryl methyl sites for hydroxylation is 1. The van der Waals surface area contributed by atoms with E-state index in [4.69, 9.17) is 9.26 Å². The number of likely N-dealkylation sites (tertiary alicyclic amines) is 1. The highest BCUT2D eigenvalue weighted by Crippen LogP contribution is 2.20. The lowest BCUT2D eigenvalue weighted by atomic mass is 9.96. The molecule has 2 aromatic rings. The third-order valence-corrected chi connectivity index (χ3v) is 5.11. The summed E-state index contributed by atoms with van der Waals surface area (Å²) in [7, 11) is 0. The number of nitrogens with one attached hydrogen (secondary N) is 1. The van der Waals surface area contributed by atoms with Gasteiger partial charge in [0.1, 0.15) is 5.75 Å². The second-order valence-electron chi connectivity index (χ2n) is 7.62. The molecule has 1 fully saturated rings. The van der Waals surface area contributed by atoms with Crippen LogP contribution in [0.4, 0.5) is 0 Å². The normalized spacial score (nSPS) is 14.8. The van der Waals surface area contributed by atoms with Gasteiger partial charge in [-0.15, -0.1) is 0 Å². The molecule has 0 unspecified atom stereocenters. The van der Waals surface area contributed by atoms with Gasteiger partial charge in [-0.1, -0.05) is 31.1 Å². The molecule has 0 saturated carbocycles. The van der Waals surface area contributed by atoms with E-state index in [-0.39, 0.29) is 30.9 Å². The Morgan fingerprint density at radius 3 is 2.52 bits per heavy atom. The van der Waals surface area contributed by atoms with Gasteiger partial charge >= 0.3 is 0 Å². The topological polar surface area (TPSA) is 97.6 Å². The summed E-state index contributed by atoms with van der Waals surface area (Å²) >= 11 is 0. The van der Waals surface area contributed by atoms with Gasteiger partial charge in [0.2, 0.25) is 11.8 Å². The molecule has 2 amide bonds. The van der Waals surface area contributed by atoms with Gasteiger partial charge in [0, 0.05) is 19.0 Å². The Morgan fingerprint density at radius 2 is 1.93 bits per heavy atom. The maximum absolute atomic E-state index is 12.4. The van der Waals surface area contributed by atoms with Gasteiger partial charge in [-0.25, -0.2) is 0 Å². The van der Waals surface area contributed by atoms with Crippen molar-refractivity contribution >= 4 is 11.8 Å². The fourth-order valence-corrected chi connectivity index (χ4v) is 3.30. The zero-order valence-electron chi connectivity index (χ0n) is 17.2. The molecule has 1 aromatic carbocycles. The van der Waals surface area contributed by atoms with E-state index in [1.807, 2.05) is 24.3 Å². The Kier molecular flexibility index (Phi) is 6.85. The van der Waals surface area contributed by atoms with Crippen LogP contribution >= 0.6 is 0 Å². The zero-order chi connectivity index (χ0) is 20.8. The Balaban J connectivity index is 1.39. The summed E-state index contributed by atoms with van der Waals surface area (Å²) in [5.74, 6) is 1.86. The number of ether oxygens (including phenoxy) is 1. The van der Waals surface area contributed by atoms with Crippen molar-refractivity contribution in [3.8, 4) is 5.75 Å². The molecule has 1 aromatic heterocycles. The summed E-state index contributed by atoms with van der Waals surface area (Å²) in [5.41, 5.74) is 1.23. The maximum Gasteiger partial charge on any atom is 0.260 e. The largest absolute Gasteiger partial charge is 0.484 e. The number of carbonyl (C=O) groups excluding carboxylic acids is 2. The van der Waals surface area contributed by atoms with Gasteiger partial charge < -0.3 is 19.5 Å². The van der Waals surface area contributed by atoms with Crippen molar-refractivity contribution in [2.75, 3.05) is 19.7 Å². The van der Waals surface area contributed by atoms with Crippen LogP contribution in [0.3, 0.4) is 0 Å². The predicted octanol–water partition coefficient (Wildman–Crippen LogP) is 2.44. The smallest absolute Gasteiger partial charge is 0.260 e. The molecule has 2 heterocycles. The number of amides is 2. The van der Waals surface area contributed by atoms with Crippen LogP contribution in [-0.2, 0) is 16.1 Å². The molecule has 0 atom stereocenters. The molecule has 0 bridgehead atoms. The molecule has 8 heteroatoms. The molecule has 1 aliphatic heterocycles. The van der Waals surface area contributed by atoms with Crippen LogP contribution in [0.15, 0.2) is 28.8 Å². The van der Waals surface area contributed by atoms with Crippen molar-refractivity contribution in [1.82, 2.24) is 20.4 Å². The first kappa shape index (κ1) is 20.8. The van der Waals surface area contributed by atoms with Gasteiger partial charge in [-0.3, -0.25) is 9.59 Å². The number of benzene rings is 1. The second-order valence-corrected chi connectivity index (χ2v) is 7.62. The number of hydrogen-bond donors (Lipinski definition) is 1. The Morgan fingerprint density at radius 1 is 1.24 bits per heavy atom. The van der Waals surface area contributed by atoms with Crippen LogP contribution in [-0.4, -0.2) is 46.6 Å². The van der Waals surface area contributed by atoms with E-state index in [2.05, 4.69) is 29.3 Å². The summed E-state index contributed by atoms with van der Waals surface area (Å²) in [6, 6.07) is 7.82. The third kappa shape index (κ3) is 5.79. The molecule has 1 aliphatic rings. The highest BCUT2D eigenvalue weighted by Gasteiger charge is 2.27. The fraction of sp³-hybridized carbons (Fsp3) is 0.524. The fourth-order valence-electron chi connectivity index (χ4n) is 3.30. The summed E-state index contributed by atoms with van der Waals surface area (Å²) in [5, 5.41) is 6.52. The molecule has 1 saturated heterocycles. The van der Waals surface area contributed by atoms with Crippen molar-refractivity contribution in [3.05, 3.63) is 41.5 Å². The lowest BCUT2D eigenvalue weighted by Crippen LogP contribution is -2.44.